The average molecular weight is 225 g/mol. The fraction of sp³-hybridized carbons (Fsp3) is 0.133. The highest BCUT2D eigenvalue weighted by molar-refractivity contribution is 5.84. The number of rotatable bonds is 2. The zero-order chi connectivity index (χ0) is 12.4. The highest BCUT2D eigenvalue weighted by Crippen LogP contribution is 2.16. The van der Waals surface area contributed by atoms with E-state index in [-0.39, 0.29) is 5.43 Å². The topological polar surface area (TPSA) is 22.0 Å². The number of aryl methyl sites for hydroxylation is 1. The van der Waals surface area contributed by atoms with Crippen molar-refractivity contribution in [3.63, 3.8) is 0 Å². The smallest absolute Gasteiger partial charge is 0.197 e. The SMILES string of the molecule is C=Cc1c(/C=C\C)n(C)c2ccccc2c1=O. The number of pyridine rings is 1. The summed E-state index contributed by atoms with van der Waals surface area (Å²) in [5.74, 6) is 0. The van der Waals surface area contributed by atoms with Crippen LogP contribution in [0.3, 0.4) is 0 Å². The van der Waals surface area contributed by atoms with Crippen LogP contribution in [0.4, 0.5) is 0 Å². The summed E-state index contributed by atoms with van der Waals surface area (Å²) >= 11 is 0. The lowest BCUT2D eigenvalue weighted by Gasteiger charge is -2.12. The van der Waals surface area contributed by atoms with Gasteiger partial charge in [0, 0.05) is 18.0 Å². The average Bonchev–Trinajstić information content (AvgIpc) is 2.36. The molecule has 1 aromatic heterocycles. The van der Waals surface area contributed by atoms with Gasteiger partial charge in [-0.1, -0.05) is 30.9 Å². The lowest BCUT2D eigenvalue weighted by Crippen LogP contribution is -2.14. The van der Waals surface area contributed by atoms with E-state index in [1.54, 1.807) is 6.08 Å². The summed E-state index contributed by atoms with van der Waals surface area (Å²) in [6, 6.07) is 7.63. The summed E-state index contributed by atoms with van der Waals surface area (Å²) in [5.41, 5.74) is 2.54. The van der Waals surface area contributed by atoms with E-state index in [2.05, 4.69) is 6.58 Å². The Balaban J connectivity index is 3.04. The van der Waals surface area contributed by atoms with Crippen molar-refractivity contribution in [3.8, 4) is 0 Å². The third kappa shape index (κ3) is 1.72. The van der Waals surface area contributed by atoms with Crippen LogP contribution in [0, 0.1) is 0 Å². The normalized spacial score (nSPS) is 11.2. The fourth-order valence-corrected chi connectivity index (χ4v) is 2.09. The number of hydrogen-bond donors (Lipinski definition) is 0. The summed E-state index contributed by atoms with van der Waals surface area (Å²) in [7, 11) is 1.96. The van der Waals surface area contributed by atoms with Crippen LogP contribution in [-0.2, 0) is 7.05 Å². The number of allylic oxidation sites excluding steroid dienone is 1. The third-order valence-corrected chi connectivity index (χ3v) is 2.92. The van der Waals surface area contributed by atoms with Gasteiger partial charge in [0.2, 0.25) is 0 Å². The van der Waals surface area contributed by atoms with Crippen molar-refractivity contribution in [1.82, 2.24) is 4.57 Å². The molecule has 0 fully saturated rings. The molecule has 2 rings (SSSR count). The van der Waals surface area contributed by atoms with E-state index in [9.17, 15) is 4.79 Å². The molecule has 0 unspecified atom stereocenters. The van der Waals surface area contributed by atoms with Crippen molar-refractivity contribution in [2.24, 2.45) is 7.05 Å². The molecular formula is C15H15NO. The second kappa shape index (κ2) is 4.42. The van der Waals surface area contributed by atoms with Gasteiger partial charge in [-0.3, -0.25) is 4.79 Å². The largest absolute Gasteiger partial charge is 0.343 e. The van der Waals surface area contributed by atoms with E-state index < -0.39 is 0 Å². The number of aromatic nitrogens is 1. The molecule has 86 valence electrons. The molecule has 0 aliphatic heterocycles. The number of nitrogens with zero attached hydrogens (tertiary/aromatic N) is 1. The fourth-order valence-electron chi connectivity index (χ4n) is 2.09. The van der Waals surface area contributed by atoms with Gasteiger partial charge >= 0.3 is 0 Å². The zero-order valence-corrected chi connectivity index (χ0v) is 10.1. The van der Waals surface area contributed by atoms with Gasteiger partial charge in [0.25, 0.3) is 0 Å². The van der Waals surface area contributed by atoms with Crippen molar-refractivity contribution < 1.29 is 0 Å². The molecule has 0 radical (unpaired) electrons. The molecule has 2 nitrogen and oxygen atoms in total. The third-order valence-electron chi connectivity index (χ3n) is 2.92. The first-order chi connectivity index (χ1) is 8.20. The molecule has 1 heterocycles. The van der Waals surface area contributed by atoms with Crippen LogP contribution in [0.1, 0.15) is 18.2 Å². The highest BCUT2D eigenvalue weighted by atomic mass is 16.1. The van der Waals surface area contributed by atoms with Crippen LogP contribution in [0.2, 0.25) is 0 Å². The van der Waals surface area contributed by atoms with Crippen molar-refractivity contribution in [3.05, 3.63) is 58.4 Å². The maximum atomic E-state index is 12.3. The molecular weight excluding hydrogens is 210 g/mol. The molecule has 0 saturated heterocycles. The Labute approximate surface area is 101 Å². The Morgan fingerprint density at radius 1 is 1.29 bits per heavy atom. The Morgan fingerprint density at radius 2 is 2.00 bits per heavy atom. The van der Waals surface area contributed by atoms with Gasteiger partial charge in [-0.25, -0.2) is 0 Å². The molecule has 2 aromatic rings. The Morgan fingerprint density at radius 3 is 2.65 bits per heavy atom. The Kier molecular flexibility index (Phi) is 2.96. The van der Waals surface area contributed by atoms with Crippen molar-refractivity contribution in [1.29, 1.82) is 0 Å². The number of benzene rings is 1. The first-order valence-electron chi connectivity index (χ1n) is 5.57. The van der Waals surface area contributed by atoms with Crippen molar-refractivity contribution in [2.45, 2.75) is 6.92 Å². The predicted molar refractivity (Wildman–Crippen MR) is 74.0 cm³/mol. The molecule has 0 spiro atoms. The van der Waals surface area contributed by atoms with Crippen LogP contribution >= 0.6 is 0 Å². The molecule has 0 N–H and O–H groups in total. The maximum Gasteiger partial charge on any atom is 0.197 e. The van der Waals surface area contributed by atoms with Crippen LogP contribution in [0.15, 0.2) is 41.7 Å². The minimum atomic E-state index is 0.0433. The molecule has 0 amide bonds. The zero-order valence-electron chi connectivity index (χ0n) is 10.1. The second-order valence-electron chi connectivity index (χ2n) is 3.91. The Bertz CT molecular complexity index is 662. The first kappa shape index (κ1) is 11.4. The second-order valence-corrected chi connectivity index (χ2v) is 3.91. The molecule has 0 atom stereocenters. The quantitative estimate of drug-likeness (QED) is 0.769. The molecule has 0 bridgehead atoms. The van der Waals surface area contributed by atoms with E-state index >= 15 is 0 Å². The summed E-state index contributed by atoms with van der Waals surface area (Å²) < 4.78 is 2.02. The van der Waals surface area contributed by atoms with Crippen molar-refractivity contribution in [2.75, 3.05) is 0 Å². The monoisotopic (exact) mass is 225 g/mol. The van der Waals surface area contributed by atoms with E-state index in [0.29, 0.717) is 5.56 Å². The maximum absolute atomic E-state index is 12.3. The van der Waals surface area contributed by atoms with Crippen LogP contribution in [-0.4, -0.2) is 4.57 Å². The standard InChI is InChI=1S/C15H15NO/c1-4-8-13-11(5-2)15(17)12-9-6-7-10-14(12)16(13)3/h4-10H,2H2,1,3H3/b8-4-. The first-order valence-corrected chi connectivity index (χ1v) is 5.57. The lowest BCUT2D eigenvalue weighted by molar-refractivity contribution is 0.932. The molecule has 0 saturated carbocycles. The summed E-state index contributed by atoms with van der Waals surface area (Å²) in [4.78, 5) is 12.3. The van der Waals surface area contributed by atoms with Gasteiger partial charge in [0.1, 0.15) is 0 Å². The van der Waals surface area contributed by atoms with E-state index in [0.717, 1.165) is 16.6 Å². The number of fused-ring (bicyclic) bond motifs is 1. The lowest BCUT2D eigenvalue weighted by atomic mass is 10.1. The molecule has 17 heavy (non-hydrogen) atoms. The van der Waals surface area contributed by atoms with E-state index in [4.69, 9.17) is 0 Å². The van der Waals surface area contributed by atoms with E-state index in [1.165, 1.54) is 0 Å². The molecule has 0 aliphatic carbocycles. The van der Waals surface area contributed by atoms with Gasteiger partial charge in [0.05, 0.1) is 11.2 Å². The van der Waals surface area contributed by atoms with Gasteiger partial charge in [-0.15, -0.1) is 0 Å². The van der Waals surface area contributed by atoms with Gasteiger partial charge in [-0.05, 0) is 25.1 Å². The highest BCUT2D eigenvalue weighted by Gasteiger charge is 2.09. The van der Waals surface area contributed by atoms with Crippen molar-refractivity contribution >= 4 is 23.1 Å². The molecule has 2 heteroatoms. The van der Waals surface area contributed by atoms with Crippen LogP contribution in [0.25, 0.3) is 23.1 Å². The van der Waals surface area contributed by atoms with Crippen LogP contribution in [0.5, 0.6) is 0 Å². The van der Waals surface area contributed by atoms with E-state index in [1.807, 2.05) is 55.0 Å². The molecule has 1 aromatic carbocycles. The number of hydrogen-bond acceptors (Lipinski definition) is 1. The predicted octanol–water partition coefficient (Wildman–Crippen LogP) is 3.21. The summed E-state index contributed by atoms with van der Waals surface area (Å²) in [6.45, 7) is 5.67. The van der Waals surface area contributed by atoms with Gasteiger partial charge in [0.15, 0.2) is 5.43 Å². The van der Waals surface area contributed by atoms with Crippen LogP contribution < -0.4 is 5.43 Å². The number of para-hydroxylation sites is 1. The molecule has 0 aliphatic rings. The van der Waals surface area contributed by atoms with Gasteiger partial charge in [-0.2, -0.15) is 0 Å². The summed E-state index contributed by atoms with van der Waals surface area (Å²) in [6.07, 6.45) is 5.49. The summed E-state index contributed by atoms with van der Waals surface area (Å²) in [5, 5.41) is 0.734. The van der Waals surface area contributed by atoms with Gasteiger partial charge < -0.3 is 4.57 Å². The Hall–Kier alpha value is -2.09. The minimum absolute atomic E-state index is 0.0433. The minimum Gasteiger partial charge on any atom is -0.343 e.